The van der Waals surface area contributed by atoms with E-state index in [9.17, 15) is 14.7 Å². The van der Waals surface area contributed by atoms with Crippen LogP contribution in [0.25, 0.3) is 5.76 Å². The van der Waals surface area contributed by atoms with Crippen LogP contribution in [0, 0.1) is 6.92 Å². The normalized spacial score (nSPS) is 21.9. The number of ether oxygens (including phenoxy) is 1. The molecular weight excluding hydrogens is 412 g/mol. The zero-order chi connectivity index (χ0) is 21.7. The van der Waals surface area contributed by atoms with Crippen LogP contribution in [0.4, 0.5) is 5.13 Å². The zero-order valence-electron chi connectivity index (χ0n) is 17.0. The number of aliphatic hydroxyl groups excluding tert-OH is 1. The summed E-state index contributed by atoms with van der Waals surface area (Å²) >= 11 is 1.27. The maximum atomic E-state index is 13.1. The van der Waals surface area contributed by atoms with Crippen molar-refractivity contribution in [1.82, 2.24) is 4.98 Å². The second kappa shape index (κ2) is 7.35. The van der Waals surface area contributed by atoms with E-state index < -0.39 is 17.7 Å². The quantitative estimate of drug-likeness (QED) is 0.377. The molecule has 0 bridgehead atoms. The molecule has 2 aliphatic rings. The third-order valence-corrected chi connectivity index (χ3v) is 6.40. The van der Waals surface area contributed by atoms with Crippen molar-refractivity contribution in [2.24, 2.45) is 0 Å². The Kier molecular flexibility index (Phi) is 4.63. The van der Waals surface area contributed by atoms with Gasteiger partial charge in [0.2, 0.25) is 0 Å². The minimum Gasteiger partial charge on any atom is -0.507 e. The van der Waals surface area contributed by atoms with Crippen molar-refractivity contribution >= 4 is 33.9 Å². The first kappa shape index (κ1) is 19.5. The Morgan fingerprint density at radius 2 is 1.97 bits per heavy atom. The molecule has 0 saturated carbocycles. The van der Waals surface area contributed by atoms with Crippen molar-refractivity contribution in [1.29, 1.82) is 0 Å². The van der Waals surface area contributed by atoms with Gasteiger partial charge < -0.3 is 9.84 Å². The first-order valence-electron chi connectivity index (χ1n) is 10.0. The van der Waals surface area contributed by atoms with Crippen LogP contribution >= 0.6 is 11.3 Å². The molecule has 1 amide bonds. The highest BCUT2D eigenvalue weighted by molar-refractivity contribution is 7.14. The Bertz CT molecular complexity index is 1210. The minimum atomic E-state index is -0.754. The lowest BCUT2D eigenvalue weighted by molar-refractivity contribution is -0.132. The van der Waals surface area contributed by atoms with E-state index in [1.165, 1.54) is 16.2 Å². The molecule has 0 spiro atoms. The van der Waals surface area contributed by atoms with Gasteiger partial charge in [0.1, 0.15) is 17.6 Å². The van der Waals surface area contributed by atoms with Crippen LogP contribution in [0.2, 0.25) is 0 Å². The number of anilines is 1. The Hall–Kier alpha value is -3.45. The number of hydrogen-bond donors (Lipinski definition) is 1. The van der Waals surface area contributed by atoms with Crippen molar-refractivity contribution in [3.05, 3.63) is 81.9 Å². The number of carbonyl (C=O) groups is 2. The lowest BCUT2D eigenvalue weighted by Gasteiger charge is -2.23. The van der Waals surface area contributed by atoms with Crippen LogP contribution in [-0.2, 0) is 16.0 Å². The second-order valence-corrected chi connectivity index (χ2v) is 8.72. The van der Waals surface area contributed by atoms with Gasteiger partial charge in [0.25, 0.3) is 5.78 Å². The van der Waals surface area contributed by atoms with Gasteiger partial charge in [-0.3, -0.25) is 14.5 Å². The molecule has 1 saturated heterocycles. The Balaban J connectivity index is 1.68. The summed E-state index contributed by atoms with van der Waals surface area (Å²) in [5, 5.41) is 13.4. The van der Waals surface area contributed by atoms with E-state index in [1.807, 2.05) is 44.2 Å². The van der Waals surface area contributed by atoms with Gasteiger partial charge in [-0.2, -0.15) is 0 Å². The van der Waals surface area contributed by atoms with E-state index in [0.29, 0.717) is 10.7 Å². The van der Waals surface area contributed by atoms with E-state index in [2.05, 4.69) is 4.98 Å². The molecule has 2 atom stereocenters. The molecule has 7 heteroatoms. The van der Waals surface area contributed by atoms with E-state index in [1.54, 1.807) is 23.7 Å². The third kappa shape index (κ3) is 3.21. The van der Waals surface area contributed by atoms with Crippen LogP contribution in [0.3, 0.4) is 0 Å². The number of Topliss-reactive ketones (excluding diaryl/α,β-unsaturated/α-hetero) is 1. The summed E-state index contributed by atoms with van der Waals surface area (Å²) in [6, 6.07) is 12.2. The number of amides is 1. The fourth-order valence-corrected chi connectivity index (χ4v) is 4.82. The average molecular weight is 433 g/mol. The molecule has 156 valence electrons. The molecule has 1 aromatic heterocycles. The van der Waals surface area contributed by atoms with Gasteiger partial charge in [-0.05, 0) is 43.2 Å². The van der Waals surface area contributed by atoms with Crippen LogP contribution in [-0.4, -0.2) is 27.9 Å². The average Bonchev–Trinajstić information content (AvgIpc) is 3.46. The number of carbonyl (C=O) groups excluding carboxylic acids is 2. The SMILES string of the molecule is Cc1ccc(C2/C(=C(/O)c3ccc4c(c3)CC(C)O4)C(=O)C(=O)N2c2nccs2)cc1. The van der Waals surface area contributed by atoms with Gasteiger partial charge in [-0.1, -0.05) is 29.8 Å². The third-order valence-electron chi connectivity index (χ3n) is 5.63. The number of aliphatic hydroxyl groups is 1. The van der Waals surface area contributed by atoms with Gasteiger partial charge in [0, 0.05) is 23.6 Å². The molecule has 2 unspecified atom stereocenters. The fourth-order valence-electron chi connectivity index (χ4n) is 4.15. The summed E-state index contributed by atoms with van der Waals surface area (Å²) in [5.74, 6) is -0.823. The van der Waals surface area contributed by atoms with Gasteiger partial charge in [-0.25, -0.2) is 4.98 Å². The van der Waals surface area contributed by atoms with E-state index in [4.69, 9.17) is 4.74 Å². The smallest absolute Gasteiger partial charge is 0.301 e. The summed E-state index contributed by atoms with van der Waals surface area (Å²) in [6.45, 7) is 3.95. The van der Waals surface area contributed by atoms with Crippen LogP contribution < -0.4 is 9.64 Å². The number of fused-ring (bicyclic) bond motifs is 1. The molecule has 1 N–H and O–H groups in total. The molecule has 1 fully saturated rings. The number of thiazole rings is 1. The first-order valence-corrected chi connectivity index (χ1v) is 10.9. The molecule has 6 nitrogen and oxygen atoms in total. The second-order valence-electron chi connectivity index (χ2n) is 7.85. The molecule has 2 aliphatic heterocycles. The van der Waals surface area contributed by atoms with Crippen LogP contribution in [0.1, 0.15) is 35.2 Å². The summed E-state index contributed by atoms with van der Waals surface area (Å²) in [5.41, 5.74) is 3.32. The maximum absolute atomic E-state index is 13.1. The lowest BCUT2D eigenvalue weighted by atomic mass is 9.94. The van der Waals surface area contributed by atoms with Crippen molar-refractivity contribution in [2.45, 2.75) is 32.4 Å². The first-order chi connectivity index (χ1) is 14.9. The largest absolute Gasteiger partial charge is 0.507 e. The summed E-state index contributed by atoms with van der Waals surface area (Å²) in [4.78, 5) is 31.7. The van der Waals surface area contributed by atoms with E-state index in [-0.39, 0.29) is 17.4 Å². The molecule has 5 rings (SSSR count). The molecule has 3 heterocycles. The van der Waals surface area contributed by atoms with Crippen molar-refractivity contribution in [2.75, 3.05) is 4.90 Å². The predicted molar refractivity (Wildman–Crippen MR) is 118 cm³/mol. The number of aryl methyl sites for hydroxylation is 1. The van der Waals surface area contributed by atoms with Crippen molar-refractivity contribution in [3.63, 3.8) is 0 Å². The van der Waals surface area contributed by atoms with Gasteiger partial charge in [0.15, 0.2) is 5.13 Å². The predicted octanol–water partition coefficient (Wildman–Crippen LogP) is 4.40. The van der Waals surface area contributed by atoms with E-state index >= 15 is 0 Å². The molecule has 0 radical (unpaired) electrons. The molecule has 3 aromatic rings. The van der Waals surface area contributed by atoms with Crippen LogP contribution in [0.5, 0.6) is 5.75 Å². The van der Waals surface area contributed by atoms with Gasteiger partial charge in [-0.15, -0.1) is 11.3 Å². The summed E-state index contributed by atoms with van der Waals surface area (Å²) in [6.07, 6.45) is 2.38. The van der Waals surface area contributed by atoms with Crippen molar-refractivity contribution in [3.8, 4) is 5.75 Å². The van der Waals surface area contributed by atoms with Gasteiger partial charge in [0.05, 0.1) is 11.6 Å². The number of rotatable bonds is 3. The highest BCUT2D eigenvalue weighted by atomic mass is 32.1. The summed E-state index contributed by atoms with van der Waals surface area (Å²) in [7, 11) is 0. The highest BCUT2D eigenvalue weighted by Crippen LogP contribution is 2.43. The minimum absolute atomic E-state index is 0.0652. The van der Waals surface area contributed by atoms with Crippen molar-refractivity contribution < 1.29 is 19.4 Å². The maximum Gasteiger partial charge on any atom is 0.301 e. The molecule has 31 heavy (non-hydrogen) atoms. The monoisotopic (exact) mass is 432 g/mol. The van der Waals surface area contributed by atoms with E-state index in [0.717, 1.165) is 28.9 Å². The molecule has 0 aliphatic carbocycles. The Labute approximate surface area is 183 Å². The lowest BCUT2D eigenvalue weighted by Crippen LogP contribution is -2.29. The Morgan fingerprint density at radius 3 is 2.68 bits per heavy atom. The number of aromatic nitrogens is 1. The van der Waals surface area contributed by atoms with Gasteiger partial charge >= 0.3 is 5.91 Å². The van der Waals surface area contributed by atoms with Crippen LogP contribution in [0.15, 0.2) is 59.6 Å². The summed E-state index contributed by atoms with van der Waals surface area (Å²) < 4.78 is 5.74. The molecular formula is C24H20N2O4S. The molecule has 2 aromatic carbocycles. The fraction of sp³-hybridized carbons (Fsp3) is 0.208. The number of ketones is 1. The standard InChI is InChI=1S/C24H20N2O4S/c1-13-3-5-15(6-4-13)20-19(22(28)23(29)26(20)24-25-9-10-31-24)21(27)16-7-8-18-17(12-16)11-14(2)30-18/h3-10,12,14,20,27H,11H2,1-2H3/b21-19-. The number of hydrogen-bond acceptors (Lipinski definition) is 6. The number of nitrogens with zero attached hydrogens (tertiary/aromatic N) is 2. The zero-order valence-corrected chi connectivity index (χ0v) is 17.8. The topological polar surface area (TPSA) is 79.7 Å². The Morgan fingerprint density at radius 1 is 1.19 bits per heavy atom. The highest BCUT2D eigenvalue weighted by Gasteiger charge is 2.48. The number of benzene rings is 2.